The van der Waals surface area contributed by atoms with Crippen molar-refractivity contribution in [2.75, 3.05) is 10.6 Å². The number of aryl methyl sites for hydroxylation is 1. The first-order valence-corrected chi connectivity index (χ1v) is 10.7. The Hall–Kier alpha value is -2.86. The molecular weight excluding hydrogens is 437 g/mol. The van der Waals surface area contributed by atoms with Crippen LogP contribution in [0.3, 0.4) is 0 Å². The molecule has 0 bridgehead atoms. The fourth-order valence-electron chi connectivity index (χ4n) is 2.92. The van der Waals surface area contributed by atoms with Crippen LogP contribution < -0.4 is 10.6 Å². The number of carbonyl (C=O) groups is 1. The minimum atomic E-state index is -0.353. The molecule has 4 nitrogen and oxygen atoms in total. The molecule has 0 spiro atoms. The number of fused-ring (bicyclic) bond motifs is 1. The van der Waals surface area contributed by atoms with Crippen molar-refractivity contribution in [1.82, 2.24) is 4.98 Å². The van der Waals surface area contributed by atoms with Gasteiger partial charge in [-0.05, 0) is 66.6 Å². The Kier molecular flexibility index (Phi) is 6.04. The second-order valence-corrected chi connectivity index (χ2v) is 8.51. The van der Waals surface area contributed by atoms with E-state index in [-0.39, 0.29) is 6.03 Å². The van der Waals surface area contributed by atoms with Gasteiger partial charge in [-0.3, -0.25) is 0 Å². The number of aromatic nitrogens is 1. The van der Waals surface area contributed by atoms with Crippen LogP contribution in [0.25, 0.3) is 22.4 Å². The Bertz CT molecular complexity index is 1230. The van der Waals surface area contributed by atoms with E-state index >= 15 is 0 Å². The molecule has 2 amide bonds. The fourth-order valence-corrected chi connectivity index (χ4v) is 4.09. The van der Waals surface area contributed by atoms with Gasteiger partial charge in [0.05, 0.1) is 20.3 Å². The third kappa shape index (κ3) is 4.82. The van der Waals surface area contributed by atoms with Crippen molar-refractivity contribution in [3.05, 3.63) is 86.8 Å². The molecule has 4 aromatic rings. The molecule has 0 radical (unpaired) electrons. The highest BCUT2D eigenvalue weighted by Gasteiger charge is 2.07. The summed E-state index contributed by atoms with van der Waals surface area (Å²) in [6.07, 6.45) is 4.02. The van der Waals surface area contributed by atoms with Gasteiger partial charge in [0.25, 0.3) is 0 Å². The summed E-state index contributed by atoms with van der Waals surface area (Å²) >= 11 is 13.5. The Balaban J connectivity index is 1.43. The maximum atomic E-state index is 12.3. The molecule has 0 saturated carbocycles. The molecule has 0 atom stereocenters. The molecule has 0 aliphatic heterocycles. The van der Waals surface area contributed by atoms with Crippen molar-refractivity contribution in [3.8, 4) is 0 Å². The predicted molar refractivity (Wildman–Crippen MR) is 129 cm³/mol. The zero-order chi connectivity index (χ0) is 21.1. The summed E-state index contributed by atoms with van der Waals surface area (Å²) in [7, 11) is 0. The smallest absolute Gasteiger partial charge is 0.308 e. The van der Waals surface area contributed by atoms with E-state index in [9.17, 15) is 4.79 Å². The Morgan fingerprint density at radius 1 is 0.967 bits per heavy atom. The van der Waals surface area contributed by atoms with Gasteiger partial charge in [-0.15, -0.1) is 11.3 Å². The van der Waals surface area contributed by atoms with Crippen LogP contribution >= 0.6 is 34.5 Å². The average Bonchev–Trinajstić information content (AvgIpc) is 3.14. The lowest BCUT2D eigenvalue weighted by molar-refractivity contribution is 0.262. The molecule has 0 unspecified atom stereocenters. The van der Waals surface area contributed by atoms with E-state index in [0.717, 1.165) is 27.3 Å². The van der Waals surface area contributed by atoms with Gasteiger partial charge < -0.3 is 10.6 Å². The molecular formula is C23H17Cl2N3OS. The number of amides is 2. The molecule has 3 aromatic carbocycles. The standard InChI is InChI=1S/C23H17Cl2N3OS/c1-14-12-15(7-11-22-27-20-4-2-3-5-21(20)30-22)6-10-19(14)28-23(29)26-16-8-9-17(24)18(25)13-16/h2-13H,1H3,(H2,26,28,29). The van der Waals surface area contributed by atoms with Crippen molar-refractivity contribution in [3.63, 3.8) is 0 Å². The summed E-state index contributed by atoms with van der Waals surface area (Å²) in [5, 5.41) is 7.37. The van der Waals surface area contributed by atoms with E-state index in [4.69, 9.17) is 23.2 Å². The maximum Gasteiger partial charge on any atom is 0.323 e. The van der Waals surface area contributed by atoms with Gasteiger partial charge in [0.2, 0.25) is 0 Å². The summed E-state index contributed by atoms with van der Waals surface area (Å²) in [5.74, 6) is 0. The quantitative estimate of drug-likeness (QED) is 0.332. The van der Waals surface area contributed by atoms with Crippen molar-refractivity contribution in [2.24, 2.45) is 0 Å². The van der Waals surface area contributed by atoms with Gasteiger partial charge in [0, 0.05) is 11.4 Å². The van der Waals surface area contributed by atoms with E-state index in [1.165, 1.54) is 4.70 Å². The SMILES string of the molecule is Cc1cc(C=Cc2nc3ccccc3s2)ccc1NC(=O)Nc1ccc(Cl)c(Cl)c1. The molecule has 30 heavy (non-hydrogen) atoms. The summed E-state index contributed by atoms with van der Waals surface area (Å²) < 4.78 is 1.17. The molecule has 1 heterocycles. The van der Waals surface area contributed by atoms with Crippen LogP contribution in [-0.4, -0.2) is 11.0 Å². The highest BCUT2D eigenvalue weighted by Crippen LogP contribution is 2.26. The van der Waals surface area contributed by atoms with Gasteiger partial charge >= 0.3 is 6.03 Å². The van der Waals surface area contributed by atoms with E-state index in [1.54, 1.807) is 29.5 Å². The average molecular weight is 454 g/mol. The third-order valence-corrected chi connectivity index (χ3v) is 6.15. The zero-order valence-electron chi connectivity index (χ0n) is 15.9. The second-order valence-electron chi connectivity index (χ2n) is 6.64. The number of para-hydroxylation sites is 1. The van der Waals surface area contributed by atoms with Gasteiger partial charge in [0.1, 0.15) is 5.01 Å². The number of carbonyl (C=O) groups excluding carboxylic acids is 1. The lowest BCUT2D eigenvalue weighted by atomic mass is 10.1. The monoisotopic (exact) mass is 453 g/mol. The number of nitrogens with one attached hydrogen (secondary N) is 2. The number of halogens is 2. The van der Waals surface area contributed by atoms with Crippen molar-refractivity contribution < 1.29 is 4.79 Å². The Labute approximate surface area is 188 Å². The zero-order valence-corrected chi connectivity index (χ0v) is 18.3. The molecule has 0 aliphatic carbocycles. The van der Waals surface area contributed by atoms with Gasteiger partial charge in [0.15, 0.2) is 0 Å². The van der Waals surface area contributed by atoms with Crippen molar-refractivity contribution >= 4 is 74.3 Å². The van der Waals surface area contributed by atoms with E-state index in [0.29, 0.717) is 15.7 Å². The minimum absolute atomic E-state index is 0.353. The molecule has 2 N–H and O–H groups in total. The van der Waals surface area contributed by atoms with E-state index in [2.05, 4.69) is 21.7 Å². The van der Waals surface area contributed by atoms with E-state index in [1.807, 2.05) is 55.5 Å². The number of hydrogen-bond acceptors (Lipinski definition) is 3. The lowest BCUT2D eigenvalue weighted by Gasteiger charge is -2.11. The van der Waals surface area contributed by atoms with Crippen molar-refractivity contribution in [1.29, 1.82) is 0 Å². The number of urea groups is 1. The number of benzene rings is 3. The first-order chi connectivity index (χ1) is 14.5. The topological polar surface area (TPSA) is 54.0 Å². The van der Waals surface area contributed by atoms with Crippen LogP contribution in [0.4, 0.5) is 16.2 Å². The molecule has 0 fully saturated rings. The Morgan fingerprint density at radius 2 is 1.80 bits per heavy atom. The summed E-state index contributed by atoms with van der Waals surface area (Å²) in [5.41, 5.74) is 4.28. The maximum absolute atomic E-state index is 12.3. The van der Waals surface area contributed by atoms with Crippen LogP contribution in [0.1, 0.15) is 16.1 Å². The molecule has 150 valence electrons. The number of nitrogens with zero attached hydrogens (tertiary/aromatic N) is 1. The van der Waals surface area contributed by atoms with Crippen LogP contribution in [-0.2, 0) is 0 Å². The van der Waals surface area contributed by atoms with E-state index < -0.39 is 0 Å². The number of thiazole rings is 1. The predicted octanol–water partition coefficient (Wildman–Crippen LogP) is 7.73. The summed E-state index contributed by atoms with van der Waals surface area (Å²) in [4.78, 5) is 16.9. The normalized spacial score (nSPS) is 11.2. The highest BCUT2D eigenvalue weighted by molar-refractivity contribution is 7.19. The highest BCUT2D eigenvalue weighted by atomic mass is 35.5. The first-order valence-electron chi connectivity index (χ1n) is 9.15. The fraction of sp³-hybridized carbons (Fsp3) is 0.0435. The van der Waals surface area contributed by atoms with Crippen molar-refractivity contribution in [2.45, 2.75) is 6.92 Å². The largest absolute Gasteiger partial charge is 0.323 e. The second kappa shape index (κ2) is 8.88. The molecule has 1 aromatic heterocycles. The van der Waals surface area contributed by atoms with Crippen LogP contribution in [0, 0.1) is 6.92 Å². The number of anilines is 2. The van der Waals surface area contributed by atoms with Crippen LogP contribution in [0.5, 0.6) is 0 Å². The first kappa shape index (κ1) is 20.4. The molecule has 0 saturated heterocycles. The summed E-state index contributed by atoms with van der Waals surface area (Å²) in [6.45, 7) is 1.95. The van der Waals surface area contributed by atoms with Gasteiger partial charge in [-0.2, -0.15) is 0 Å². The minimum Gasteiger partial charge on any atom is -0.308 e. The van der Waals surface area contributed by atoms with Crippen LogP contribution in [0.2, 0.25) is 10.0 Å². The third-order valence-electron chi connectivity index (χ3n) is 4.40. The Morgan fingerprint density at radius 3 is 2.57 bits per heavy atom. The van der Waals surface area contributed by atoms with Gasteiger partial charge in [-0.1, -0.05) is 47.5 Å². The van der Waals surface area contributed by atoms with Gasteiger partial charge in [-0.25, -0.2) is 9.78 Å². The molecule has 7 heteroatoms. The number of rotatable bonds is 4. The molecule has 4 rings (SSSR count). The summed E-state index contributed by atoms with van der Waals surface area (Å²) in [6, 6.07) is 18.5. The molecule has 0 aliphatic rings. The van der Waals surface area contributed by atoms with Crippen LogP contribution in [0.15, 0.2) is 60.7 Å². The number of hydrogen-bond donors (Lipinski definition) is 2. The lowest BCUT2D eigenvalue weighted by Crippen LogP contribution is -2.19.